The molecule has 2 N–H and O–H groups in total. The van der Waals surface area contributed by atoms with Gasteiger partial charge in [-0.2, -0.15) is 0 Å². The number of morpholine rings is 1. The lowest BCUT2D eigenvalue weighted by atomic mass is 10.00. The van der Waals surface area contributed by atoms with Gasteiger partial charge in [0.2, 0.25) is 5.91 Å². The molecule has 17 heavy (non-hydrogen) atoms. The Kier molecular flexibility index (Phi) is 4.55. The third-order valence-electron chi connectivity index (χ3n) is 3.19. The summed E-state index contributed by atoms with van der Waals surface area (Å²) in [6, 6.07) is -0.0521. The van der Waals surface area contributed by atoms with E-state index < -0.39 is 0 Å². The number of carbonyl (C=O) groups excluding carboxylic acids is 1. The van der Waals surface area contributed by atoms with Gasteiger partial charge in [-0.3, -0.25) is 4.79 Å². The highest BCUT2D eigenvalue weighted by atomic mass is 16.5. The third kappa shape index (κ3) is 4.28. The lowest BCUT2D eigenvalue weighted by Gasteiger charge is -2.42. The van der Waals surface area contributed by atoms with Crippen LogP contribution >= 0.6 is 0 Å². The summed E-state index contributed by atoms with van der Waals surface area (Å²) in [5.41, 5.74) is 5.69. The standard InChI is InChI=1S/C13H26N2O2/c1-9(2)11(14)6-12(16)15-7-10(3)17-13(4,5)8-15/h9-11H,6-8,14H2,1-5H3. The van der Waals surface area contributed by atoms with Crippen LogP contribution in [0.1, 0.15) is 41.0 Å². The van der Waals surface area contributed by atoms with Crippen molar-refractivity contribution in [1.82, 2.24) is 4.90 Å². The van der Waals surface area contributed by atoms with Gasteiger partial charge in [-0.1, -0.05) is 13.8 Å². The predicted octanol–water partition coefficient (Wildman–Crippen LogP) is 1.39. The Labute approximate surface area is 104 Å². The van der Waals surface area contributed by atoms with Crippen molar-refractivity contribution in [3.8, 4) is 0 Å². The maximum Gasteiger partial charge on any atom is 0.224 e. The van der Waals surface area contributed by atoms with Crippen LogP contribution in [0.4, 0.5) is 0 Å². The largest absolute Gasteiger partial charge is 0.369 e. The van der Waals surface area contributed by atoms with Gasteiger partial charge in [-0.25, -0.2) is 0 Å². The summed E-state index contributed by atoms with van der Waals surface area (Å²) < 4.78 is 5.78. The number of carbonyl (C=O) groups is 1. The monoisotopic (exact) mass is 242 g/mol. The average Bonchev–Trinajstić information content (AvgIpc) is 2.13. The molecule has 0 aromatic rings. The van der Waals surface area contributed by atoms with E-state index in [1.165, 1.54) is 0 Å². The first-order valence-corrected chi connectivity index (χ1v) is 6.42. The zero-order chi connectivity index (χ0) is 13.2. The number of nitrogens with two attached hydrogens (primary N) is 1. The number of hydrogen-bond donors (Lipinski definition) is 1. The Balaban J connectivity index is 2.57. The Hall–Kier alpha value is -0.610. The van der Waals surface area contributed by atoms with Crippen molar-refractivity contribution in [2.75, 3.05) is 13.1 Å². The number of ether oxygens (including phenoxy) is 1. The van der Waals surface area contributed by atoms with Gasteiger partial charge in [0.05, 0.1) is 11.7 Å². The molecule has 1 saturated heterocycles. The van der Waals surface area contributed by atoms with Gasteiger partial charge in [0.15, 0.2) is 0 Å². The highest BCUT2D eigenvalue weighted by Gasteiger charge is 2.34. The summed E-state index contributed by atoms with van der Waals surface area (Å²) in [7, 11) is 0. The van der Waals surface area contributed by atoms with Crippen LogP contribution in [0.3, 0.4) is 0 Å². The lowest BCUT2D eigenvalue weighted by Crippen LogP contribution is -2.54. The van der Waals surface area contributed by atoms with Crippen LogP contribution in [-0.4, -0.2) is 41.6 Å². The lowest BCUT2D eigenvalue weighted by molar-refractivity contribution is -0.158. The van der Waals surface area contributed by atoms with E-state index in [4.69, 9.17) is 10.5 Å². The van der Waals surface area contributed by atoms with Gasteiger partial charge in [0, 0.05) is 25.6 Å². The summed E-state index contributed by atoms with van der Waals surface area (Å²) in [5.74, 6) is 0.486. The van der Waals surface area contributed by atoms with Crippen LogP contribution in [0, 0.1) is 5.92 Å². The minimum atomic E-state index is -0.255. The van der Waals surface area contributed by atoms with Crippen LogP contribution in [-0.2, 0) is 9.53 Å². The van der Waals surface area contributed by atoms with Crippen LogP contribution in [0.15, 0.2) is 0 Å². The molecule has 0 aliphatic carbocycles. The second-order valence-corrected chi connectivity index (χ2v) is 6.07. The first-order valence-electron chi connectivity index (χ1n) is 6.42. The molecule has 1 heterocycles. The Morgan fingerprint density at radius 1 is 1.53 bits per heavy atom. The molecule has 1 rings (SSSR count). The SMILES string of the molecule is CC1CN(C(=O)CC(N)C(C)C)CC(C)(C)O1. The first-order chi connectivity index (χ1) is 7.71. The van der Waals surface area contributed by atoms with Crippen LogP contribution in [0.25, 0.3) is 0 Å². The fourth-order valence-electron chi connectivity index (χ4n) is 2.21. The molecule has 2 unspecified atom stereocenters. The summed E-state index contributed by atoms with van der Waals surface area (Å²) in [4.78, 5) is 14.0. The van der Waals surface area contributed by atoms with E-state index in [1.54, 1.807) is 0 Å². The predicted molar refractivity (Wildman–Crippen MR) is 68.6 cm³/mol. The second kappa shape index (κ2) is 5.36. The molecular formula is C13H26N2O2. The average molecular weight is 242 g/mol. The van der Waals surface area contributed by atoms with E-state index >= 15 is 0 Å². The van der Waals surface area contributed by atoms with Gasteiger partial charge in [0.1, 0.15) is 0 Å². The number of amides is 1. The van der Waals surface area contributed by atoms with Gasteiger partial charge < -0.3 is 15.4 Å². The van der Waals surface area contributed by atoms with Gasteiger partial charge in [-0.15, -0.1) is 0 Å². The molecule has 0 spiro atoms. The van der Waals surface area contributed by atoms with Crippen molar-refractivity contribution in [1.29, 1.82) is 0 Å². The van der Waals surface area contributed by atoms with E-state index in [0.717, 1.165) is 0 Å². The van der Waals surface area contributed by atoms with E-state index in [2.05, 4.69) is 0 Å². The Morgan fingerprint density at radius 2 is 2.12 bits per heavy atom. The highest BCUT2D eigenvalue weighted by molar-refractivity contribution is 5.77. The summed E-state index contributed by atoms with van der Waals surface area (Å²) in [6.45, 7) is 11.5. The van der Waals surface area contributed by atoms with Crippen molar-refractivity contribution >= 4 is 5.91 Å². The molecule has 4 heteroatoms. The van der Waals surface area contributed by atoms with Crippen molar-refractivity contribution in [2.45, 2.75) is 58.8 Å². The summed E-state index contributed by atoms with van der Waals surface area (Å²) in [6.07, 6.45) is 0.526. The Morgan fingerprint density at radius 3 is 2.59 bits per heavy atom. The molecule has 1 aliphatic rings. The summed E-state index contributed by atoms with van der Waals surface area (Å²) in [5, 5.41) is 0. The molecule has 100 valence electrons. The first kappa shape index (κ1) is 14.5. The van der Waals surface area contributed by atoms with Gasteiger partial charge in [0.25, 0.3) is 0 Å². The van der Waals surface area contributed by atoms with Gasteiger partial charge in [-0.05, 0) is 26.7 Å². The molecule has 0 bridgehead atoms. The van der Waals surface area contributed by atoms with Crippen molar-refractivity contribution in [3.05, 3.63) is 0 Å². The molecule has 1 aliphatic heterocycles. The zero-order valence-corrected chi connectivity index (χ0v) is 11.7. The molecule has 1 amide bonds. The van der Waals surface area contributed by atoms with E-state index in [-0.39, 0.29) is 23.7 Å². The fraction of sp³-hybridized carbons (Fsp3) is 0.923. The number of nitrogens with zero attached hydrogens (tertiary/aromatic N) is 1. The van der Waals surface area contributed by atoms with Crippen molar-refractivity contribution in [2.24, 2.45) is 11.7 Å². The number of rotatable bonds is 3. The van der Waals surface area contributed by atoms with Crippen LogP contribution in [0.5, 0.6) is 0 Å². The molecule has 4 nitrogen and oxygen atoms in total. The molecule has 0 aromatic carbocycles. The van der Waals surface area contributed by atoms with E-state index in [1.807, 2.05) is 39.5 Å². The highest BCUT2D eigenvalue weighted by Crippen LogP contribution is 2.21. The molecule has 1 fully saturated rings. The van der Waals surface area contributed by atoms with Crippen LogP contribution in [0.2, 0.25) is 0 Å². The molecular weight excluding hydrogens is 216 g/mol. The minimum Gasteiger partial charge on any atom is -0.369 e. The van der Waals surface area contributed by atoms with E-state index in [0.29, 0.717) is 25.4 Å². The molecule has 0 radical (unpaired) electrons. The van der Waals surface area contributed by atoms with Crippen LogP contribution < -0.4 is 5.73 Å². The molecule has 0 aromatic heterocycles. The number of hydrogen-bond acceptors (Lipinski definition) is 3. The van der Waals surface area contributed by atoms with Crippen molar-refractivity contribution < 1.29 is 9.53 Å². The fourth-order valence-corrected chi connectivity index (χ4v) is 2.21. The quantitative estimate of drug-likeness (QED) is 0.813. The third-order valence-corrected chi connectivity index (χ3v) is 3.19. The minimum absolute atomic E-state index is 0.0521. The smallest absolute Gasteiger partial charge is 0.224 e. The normalized spacial score (nSPS) is 26.1. The van der Waals surface area contributed by atoms with Crippen molar-refractivity contribution in [3.63, 3.8) is 0 Å². The molecule has 0 saturated carbocycles. The maximum atomic E-state index is 12.1. The molecule has 2 atom stereocenters. The maximum absolute atomic E-state index is 12.1. The second-order valence-electron chi connectivity index (χ2n) is 6.07. The summed E-state index contributed by atoms with van der Waals surface area (Å²) >= 11 is 0. The Bertz CT molecular complexity index is 277. The topological polar surface area (TPSA) is 55.6 Å². The van der Waals surface area contributed by atoms with E-state index in [9.17, 15) is 4.79 Å². The van der Waals surface area contributed by atoms with Gasteiger partial charge >= 0.3 is 0 Å². The zero-order valence-electron chi connectivity index (χ0n) is 11.7.